The van der Waals surface area contributed by atoms with E-state index in [0.717, 1.165) is 11.1 Å². The van der Waals surface area contributed by atoms with Crippen LogP contribution in [0.2, 0.25) is 0 Å². The fourth-order valence-electron chi connectivity index (χ4n) is 4.09. The van der Waals surface area contributed by atoms with Gasteiger partial charge in [-0.05, 0) is 35.4 Å². The van der Waals surface area contributed by atoms with Gasteiger partial charge < -0.3 is 24.3 Å². The summed E-state index contributed by atoms with van der Waals surface area (Å²) in [6, 6.07) is 11.3. The van der Waals surface area contributed by atoms with Gasteiger partial charge in [-0.1, -0.05) is 26.0 Å². The lowest BCUT2D eigenvalue weighted by molar-refractivity contribution is -0.130. The third-order valence-electron chi connectivity index (χ3n) is 5.79. The summed E-state index contributed by atoms with van der Waals surface area (Å²) >= 11 is 0. The summed E-state index contributed by atoms with van der Waals surface area (Å²) in [5, 5.41) is 3.68. The smallest absolute Gasteiger partial charge is 0.161 e. The molecule has 1 fully saturated rings. The summed E-state index contributed by atoms with van der Waals surface area (Å²) in [6.45, 7) is 3.94. The molecule has 2 aromatic rings. The summed E-state index contributed by atoms with van der Waals surface area (Å²) in [5.74, 6) is 2.51. The molecule has 0 unspecified atom stereocenters. The van der Waals surface area contributed by atoms with E-state index >= 15 is 0 Å². The number of nitrogens with one attached hydrogen (secondary N) is 1. The Hall–Kier alpha value is -2.73. The molecule has 6 nitrogen and oxygen atoms in total. The molecule has 156 valence electrons. The van der Waals surface area contributed by atoms with Crippen molar-refractivity contribution in [3.63, 3.8) is 0 Å². The Morgan fingerprint density at radius 3 is 1.38 bits per heavy atom. The van der Waals surface area contributed by atoms with Gasteiger partial charge in [-0.3, -0.25) is 4.79 Å². The SMILES string of the molecule is COc1ccc([C@H]2N[C@@H](c3ccc(OC)c(OC)c3)[C@@H](C)C(=O)[C@H]2C)cc1OC. The molecular formula is C23H29NO5. The predicted octanol–water partition coefficient (Wildman–Crippen LogP) is 3.95. The minimum Gasteiger partial charge on any atom is -0.493 e. The summed E-state index contributed by atoms with van der Waals surface area (Å²) in [6.07, 6.45) is 0. The summed E-state index contributed by atoms with van der Waals surface area (Å²) in [7, 11) is 6.44. The van der Waals surface area contributed by atoms with E-state index in [4.69, 9.17) is 18.9 Å². The number of Topliss-reactive ketones (excluding diaryl/α,β-unsaturated/α-hetero) is 1. The van der Waals surface area contributed by atoms with Crippen molar-refractivity contribution in [2.75, 3.05) is 28.4 Å². The largest absolute Gasteiger partial charge is 0.493 e. The molecule has 29 heavy (non-hydrogen) atoms. The zero-order chi connectivity index (χ0) is 21.1. The molecule has 0 radical (unpaired) electrons. The Morgan fingerprint density at radius 2 is 1.03 bits per heavy atom. The molecule has 0 amide bonds. The lowest BCUT2D eigenvalue weighted by Gasteiger charge is -2.39. The van der Waals surface area contributed by atoms with E-state index in [1.165, 1.54) is 0 Å². The van der Waals surface area contributed by atoms with Gasteiger partial charge in [-0.25, -0.2) is 0 Å². The highest BCUT2D eigenvalue weighted by atomic mass is 16.5. The third kappa shape index (κ3) is 3.90. The van der Waals surface area contributed by atoms with Crippen LogP contribution in [0.1, 0.15) is 37.1 Å². The number of methoxy groups -OCH3 is 4. The molecule has 1 aliphatic heterocycles. The number of ether oxygens (including phenoxy) is 4. The average molecular weight is 399 g/mol. The first-order valence-corrected chi connectivity index (χ1v) is 9.68. The van der Waals surface area contributed by atoms with E-state index in [1.807, 2.05) is 50.2 Å². The zero-order valence-corrected chi connectivity index (χ0v) is 17.8. The second-order valence-corrected chi connectivity index (χ2v) is 7.33. The molecule has 0 saturated carbocycles. The molecule has 2 aromatic carbocycles. The Labute approximate surface area is 172 Å². The molecule has 0 aliphatic carbocycles. The van der Waals surface area contributed by atoms with Crippen molar-refractivity contribution in [3.8, 4) is 23.0 Å². The van der Waals surface area contributed by atoms with E-state index < -0.39 is 0 Å². The van der Waals surface area contributed by atoms with Crippen LogP contribution >= 0.6 is 0 Å². The number of hydrogen-bond acceptors (Lipinski definition) is 6. The average Bonchev–Trinajstić information content (AvgIpc) is 2.76. The molecule has 0 bridgehead atoms. The van der Waals surface area contributed by atoms with Crippen LogP contribution in [0, 0.1) is 11.8 Å². The summed E-state index contributed by atoms with van der Waals surface area (Å²) in [4.78, 5) is 13.1. The number of benzene rings is 2. The number of carbonyl (C=O) groups excluding carboxylic acids is 1. The Balaban J connectivity index is 1.98. The van der Waals surface area contributed by atoms with Crippen molar-refractivity contribution in [2.45, 2.75) is 25.9 Å². The number of carbonyl (C=O) groups is 1. The van der Waals surface area contributed by atoms with Crippen molar-refractivity contribution in [1.29, 1.82) is 0 Å². The molecule has 3 rings (SSSR count). The van der Waals surface area contributed by atoms with Gasteiger partial charge in [0.25, 0.3) is 0 Å². The van der Waals surface area contributed by atoms with Gasteiger partial charge in [0.1, 0.15) is 5.78 Å². The van der Waals surface area contributed by atoms with Gasteiger partial charge in [0, 0.05) is 23.9 Å². The highest BCUT2D eigenvalue weighted by Gasteiger charge is 2.40. The second kappa shape index (κ2) is 8.74. The highest BCUT2D eigenvalue weighted by Crippen LogP contribution is 2.41. The molecular weight excluding hydrogens is 370 g/mol. The van der Waals surface area contributed by atoms with E-state index in [9.17, 15) is 4.79 Å². The molecule has 0 aromatic heterocycles. The molecule has 1 aliphatic rings. The number of ketones is 1. The maximum absolute atomic E-state index is 13.1. The Bertz CT molecular complexity index is 812. The van der Waals surface area contributed by atoms with Crippen molar-refractivity contribution in [1.82, 2.24) is 5.32 Å². The van der Waals surface area contributed by atoms with Crippen LogP contribution in [-0.4, -0.2) is 34.2 Å². The number of piperidine rings is 1. The van der Waals surface area contributed by atoms with Gasteiger partial charge in [-0.15, -0.1) is 0 Å². The first-order chi connectivity index (χ1) is 13.9. The fraction of sp³-hybridized carbons (Fsp3) is 0.435. The van der Waals surface area contributed by atoms with E-state index in [2.05, 4.69) is 5.32 Å². The Kier molecular flexibility index (Phi) is 6.33. The van der Waals surface area contributed by atoms with Gasteiger partial charge in [0.15, 0.2) is 23.0 Å². The van der Waals surface area contributed by atoms with Crippen molar-refractivity contribution < 1.29 is 23.7 Å². The van der Waals surface area contributed by atoms with Crippen LogP contribution in [0.3, 0.4) is 0 Å². The summed E-state index contributed by atoms with van der Waals surface area (Å²) < 4.78 is 21.6. The molecule has 6 heteroatoms. The first kappa shape index (κ1) is 21.0. The molecule has 1 saturated heterocycles. The fourth-order valence-corrected chi connectivity index (χ4v) is 4.09. The predicted molar refractivity (Wildman–Crippen MR) is 111 cm³/mol. The third-order valence-corrected chi connectivity index (χ3v) is 5.79. The van der Waals surface area contributed by atoms with Crippen LogP contribution in [0.25, 0.3) is 0 Å². The quantitative estimate of drug-likeness (QED) is 0.794. The highest BCUT2D eigenvalue weighted by molar-refractivity contribution is 5.85. The van der Waals surface area contributed by atoms with Crippen molar-refractivity contribution in [3.05, 3.63) is 47.5 Å². The molecule has 0 spiro atoms. The van der Waals surface area contributed by atoms with Crippen LogP contribution in [-0.2, 0) is 4.79 Å². The van der Waals surface area contributed by atoms with Crippen molar-refractivity contribution >= 4 is 5.78 Å². The minimum atomic E-state index is -0.167. The normalized spacial score (nSPS) is 24.1. The van der Waals surface area contributed by atoms with Crippen LogP contribution in [0.15, 0.2) is 36.4 Å². The van der Waals surface area contributed by atoms with E-state index in [0.29, 0.717) is 23.0 Å². The topological polar surface area (TPSA) is 66.0 Å². The van der Waals surface area contributed by atoms with Gasteiger partial charge >= 0.3 is 0 Å². The van der Waals surface area contributed by atoms with Crippen LogP contribution in [0.4, 0.5) is 0 Å². The van der Waals surface area contributed by atoms with Crippen LogP contribution in [0.5, 0.6) is 23.0 Å². The Morgan fingerprint density at radius 1 is 0.655 bits per heavy atom. The van der Waals surface area contributed by atoms with Gasteiger partial charge in [0.2, 0.25) is 0 Å². The maximum atomic E-state index is 13.1. The summed E-state index contributed by atoms with van der Waals surface area (Å²) in [5.41, 5.74) is 1.97. The van der Waals surface area contributed by atoms with Gasteiger partial charge in [0.05, 0.1) is 28.4 Å². The lowest BCUT2D eigenvalue weighted by atomic mass is 9.76. The van der Waals surface area contributed by atoms with Gasteiger partial charge in [-0.2, -0.15) is 0 Å². The molecule has 4 atom stereocenters. The maximum Gasteiger partial charge on any atom is 0.161 e. The standard InChI is InChI=1S/C23H29NO5/c1-13-21(15-7-9-17(26-3)19(11-15)28-5)24-22(14(2)23(13)25)16-8-10-18(27-4)20(12-16)29-6/h7-14,21-22,24H,1-6H3/t13-,14+,21-,22+. The zero-order valence-electron chi connectivity index (χ0n) is 17.8. The number of hydrogen-bond donors (Lipinski definition) is 1. The minimum absolute atomic E-state index is 0.142. The molecule has 1 heterocycles. The van der Waals surface area contributed by atoms with Crippen molar-refractivity contribution in [2.24, 2.45) is 11.8 Å². The van der Waals surface area contributed by atoms with Crippen LogP contribution < -0.4 is 24.3 Å². The van der Waals surface area contributed by atoms with E-state index in [1.54, 1.807) is 28.4 Å². The monoisotopic (exact) mass is 399 g/mol. The first-order valence-electron chi connectivity index (χ1n) is 9.68. The number of rotatable bonds is 6. The lowest BCUT2D eigenvalue weighted by Crippen LogP contribution is -2.46. The molecule has 1 N–H and O–H groups in total. The second-order valence-electron chi connectivity index (χ2n) is 7.33. The van der Waals surface area contributed by atoms with E-state index in [-0.39, 0.29) is 29.7 Å².